The van der Waals surface area contributed by atoms with Crippen molar-refractivity contribution in [1.82, 2.24) is 0 Å². The molecule has 0 bridgehead atoms. The van der Waals surface area contributed by atoms with Crippen molar-refractivity contribution in [2.45, 2.75) is 6.92 Å². The fourth-order valence-corrected chi connectivity index (χ4v) is 1.28. The van der Waals surface area contributed by atoms with E-state index in [0.717, 1.165) is 0 Å². The first kappa shape index (κ1) is 12.8. The third kappa shape index (κ3) is 3.34. The first-order valence-electron chi connectivity index (χ1n) is 4.93. The van der Waals surface area contributed by atoms with Crippen LogP contribution in [0.1, 0.15) is 17.3 Å². The first-order chi connectivity index (χ1) is 8.08. The predicted octanol–water partition coefficient (Wildman–Crippen LogP) is 1.91. The van der Waals surface area contributed by atoms with E-state index in [2.05, 4.69) is 5.32 Å². The topological polar surface area (TPSA) is 75.6 Å². The highest BCUT2D eigenvalue weighted by Gasteiger charge is 2.11. The molecule has 5 nitrogen and oxygen atoms in total. The first-order valence-corrected chi connectivity index (χ1v) is 4.93. The van der Waals surface area contributed by atoms with Crippen molar-refractivity contribution >= 4 is 17.6 Å². The van der Waals surface area contributed by atoms with Gasteiger partial charge in [0.05, 0.1) is 7.11 Å². The van der Waals surface area contributed by atoms with Crippen molar-refractivity contribution in [2.75, 3.05) is 12.4 Å². The third-order valence-electron chi connectivity index (χ3n) is 2.02. The van der Waals surface area contributed by atoms with Crippen LogP contribution >= 0.6 is 0 Å². The molecule has 0 aliphatic rings. The quantitative estimate of drug-likeness (QED) is 0.781. The molecule has 0 unspecified atom stereocenters. The van der Waals surface area contributed by atoms with Gasteiger partial charge in [0, 0.05) is 11.8 Å². The number of hydrogen-bond donors (Lipinski definition) is 2. The van der Waals surface area contributed by atoms with Crippen LogP contribution in [0.5, 0.6) is 5.75 Å². The number of ether oxygens (including phenoxy) is 1. The van der Waals surface area contributed by atoms with Gasteiger partial charge in [0.2, 0.25) is 5.91 Å². The molecule has 2 N–H and O–H groups in total. The molecular weight excluding hydrogens is 222 g/mol. The number of hydrogen-bond acceptors (Lipinski definition) is 3. The van der Waals surface area contributed by atoms with Gasteiger partial charge < -0.3 is 15.2 Å². The number of carboxylic acid groups (broad SMARTS) is 1. The van der Waals surface area contributed by atoms with Crippen LogP contribution in [-0.4, -0.2) is 24.1 Å². The van der Waals surface area contributed by atoms with Gasteiger partial charge in [0.15, 0.2) is 0 Å². The van der Waals surface area contributed by atoms with E-state index in [1.54, 1.807) is 13.0 Å². The molecule has 0 aliphatic heterocycles. The van der Waals surface area contributed by atoms with Crippen LogP contribution in [-0.2, 0) is 4.79 Å². The van der Waals surface area contributed by atoms with E-state index in [1.807, 2.05) is 0 Å². The van der Waals surface area contributed by atoms with Gasteiger partial charge in [-0.2, -0.15) is 0 Å². The summed E-state index contributed by atoms with van der Waals surface area (Å²) in [6, 6.07) is 4.35. The maximum absolute atomic E-state index is 11.3. The summed E-state index contributed by atoms with van der Waals surface area (Å²) in [4.78, 5) is 22.1. The predicted molar refractivity (Wildman–Crippen MR) is 63.4 cm³/mol. The maximum Gasteiger partial charge on any atom is 0.339 e. The molecule has 1 aromatic carbocycles. The van der Waals surface area contributed by atoms with E-state index in [4.69, 9.17) is 9.84 Å². The summed E-state index contributed by atoms with van der Waals surface area (Å²) in [6.45, 7) is 1.73. The largest absolute Gasteiger partial charge is 0.496 e. The van der Waals surface area contributed by atoms with Crippen molar-refractivity contribution in [3.05, 3.63) is 35.9 Å². The Balaban J connectivity index is 2.97. The molecule has 0 aliphatic carbocycles. The van der Waals surface area contributed by atoms with Crippen LogP contribution in [0, 0.1) is 0 Å². The smallest absolute Gasteiger partial charge is 0.339 e. The van der Waals surface area contributed by atoms with Gasteiger partial charge in [-0.3, -0.25) is 4.79 Å². The molecule has 1 amide bonds. The number of carbonyl (C=O) groups is 2. The monoisotopic (exact) mass is 235 g/mol. The maximum atomic E-state index is 11.3. The number of methoxy groups -OCH3 is 1. The van der Waals surface area contributed by atoms with Crippen molar-refractivity contribution in [2.24, 2.45) is 0 Å². The summed E-state index contributed by atoms with van der Waals surface area (Å²) in [6.07, 6.45) is 2.98. The molecule has 0 heterocycles. The highest BCUT2D eigenvalue weighted by molar-refractivity contribution is 6.00. The zero-order valence-electron chi connectivity index (χ0n) is 9.56. The van der Waals surface area contributed by atoms with Gasteiger partial charge in [-0.05, 0) is 25.1 Å². The third-order valence-corrected chi connectivity index (χ3v) is 2.02. The van der Waals surface area contributed by atoms with Gasteiger partial charge in [0.25, 0.3) is 0 Å². The van der Waals surface area contributed by atoms with Gasteiger partial charge in [-0.1, -0.05) is 6.08 Å². The average molecular weight is 235 g/mol. The number of anilines is 1. The Morgan fingerprint density at radius 3 is 2.65 bits per heavy atom. The van der Waals surface area contributed by atoms with Crippen LogP contribution in [0.3, 0.4) is 0 Å². The molecule has 0 saturated heterocycles. The fraction of sp³-hybridized carbons (Fsp3) is 0.167. The molecular formula is C12H13NO4. The molecule has 17 heavy (non-hydrogen) atoms. The summed E-state index contributed by atoms with van der Waals surface area (Å²) in [7, 11) is 1.37. The van der Waals surface area contributed by atoms with Gasteiger partial charge >= 0.3 is 5.97 Å². The second-order valence-electron chi connectivity index (χ2n) is 3.21. The van der Waals surface area contributed by atoms with Crippen LogP contribution in [0.15, 0.2) is 30.4 Å². The Morgan fingerprint density at radius 1 is 1.41 bits per heavy atom. The number of rotatable bonds is 4. The lowest BCUT2D eigenvalue weighted by atomic mass is 10.2. The molecule has 0 atom stereocenters. The normalized spacial score (nSPS) is 10.2. The number of carboxylic acids is 1. The fourth-order valence-electron chi connectivity index (χ4n) is 1.28. The molecule has 1 rings (SSSR count). The van der Waals surface area contributed by atoms with Gasteiger partial charge in [-0.25, -0.2) is 4.79 Å². The number of nitrogens with one attached hydrogen (secondary N) is 1. The standard InChI is InChI=1S/C12H13NO4/c1-3-4-11(14)13-8-5-6-9(12(15)16)10(7-8)17-2/h3-7H,1-2H3,(H,13,14)(H,15,16)/b4-3+. The van der Waals surface area contributed by atoms with Crippen LogP contribution in [0.25, 0.3) is 0 Å². The molecule has 5 heteroatoms. The Morgan fingerprint density at radius 2 is 2.12 bits per heavy atom. The van der Waals surface area contributed by atoms with Crippen molar-refractivity contribution in [3.63, 3.8) is 0 Å². The zero-order valence-corrected chi connectivity index (χ0v) is 9.56. The SMILES string of the molecule is C/C=C/C(=O)Nc1ccc(C(=O)O)c(OC)c1. The molecule has 90 valence electrons. The summed E-state index contributed by atoms with van der Waals surface area (Å²) in [5.41, 5.74) is 0.534. The van der Waals surface area contributed by atoms with E-state index in [-0.39, 0.29) is 17.2 Å². The Kier molecular flexibility index (Phi) is 4.28. The van der Waals surface area contributed by atoms with Gasteiger partial charge in [0.1, 0.15) is 11.3 Å². The minimum Gasteiger partial charge on any atom is -0.496 e. The zero-order chi connectivity index (χ0) is 12.8. The minimum atomic E-state index is -1.08. The lowest BCUT2D eigenvalue weighted by molar-refractivity contribution is -0.111. The lowest BCUT2D eigenvalue weighted by Crippen LogP contribution is -2.08. The molecule has 0 fully saturated rings. The minimum absolute atomic E-state index is 0.0523. The van der Waals surface area contributed by atoms with Crippen LogP contribution in [0.4, 0.5) is 5.69 Å². The van der Waals surface area contributed by atoms with E-state index < -0.39 is 5.97 Å². The van der Waals surface area contributed by atoms with E-state index in [9.17, 15) is 9.59 Å². The Hall–Kier alpha value is -2.30. The van der Waals surface area contributed by atoms with Crippen LogP contribution < -0.4 is 10.1 Å². The Bertz CT molecular complexity index is 466. The number of aromatic carboxylic acids is 1. The summed E-state index contributed by atoms with van der Waals surface area (Å²) >= 11 is 0. The van der Waals surface area contributed by atoms with Crippen molar-refractivity contribution in [1.29, 1.82) is 0 Å². The van der Waals surface area contributed by atoms with E-state index in [0.29, 0.717) is 5.69 Å². The lowest BCUT2D eigenvalue weighted by Gasteiger charge is -2.08. The summed E-state index contributed by atoms with van der Waals surface area (Å²) in [5.74, 6) is -1.15. The molecule has 0 radical (unpaired) electrons. The summed E-state index contributed by atoms with van der Waals surface area (Å²) in [5, 5.41) is 11.5. The van der Waals surface area contributed by atoms with Crippen LogP contribution in [0.2, 0.25) is 0 Å². The van der Waals surface area contributed by atoms with E-state index in [1.165, 1.54) is 31.4 Å². The number of allylic oxidation sites excluding steroid dienone is 1. The Labute approximate surface area is 98.7 Å². The van der Waals surface area contributed by atoms with Gasteiger partial charge in [-0.15, -0.1) is 0 Å². The molecule has 0 spiro atoms. The highest BCUT2D eigenvalue weighted by Crippen LogP contribution is 2.23. The number of benzene rings is 1. The number of carbonyl (C=O) groups excluding carboxylic acids is 1. The number of amides is 1. The summed E-state index contributed by atoms with van der Waals surface area (Å²) < 4.78 is 4.94. The highest BCUT2D eigenvalue weighted by atomic mass is 16.5. The van der Waals surface area contributed by atoms with Crippen molar-refractivity contribution in [3.8, 4) is 5.75 Å². The second kappa shape index (κ2) is 5.69. The molecule has 0 saturated carbocycles. The molecule has 1 aromatic rings. The van der Waals surface area contributed by atoms with E-state index >= 15 is 0 Å². The molecule has 0 aromatic heterocycles. The second-order valence-corrected chi connectivity index (χ2v) is 3.21. The van der Waals surface area contributed by atoms with Crippen molar-refractivity contribution < 1.29 is 19.4 Å². The average Bonchev–Trinajstić information content (AvgIpc) is 2.28.